The molecule has 1 amide bonds. The first-order valence-corrected chi connectivity index (χ1v) is 10.4. The molecule has 2 heterocycles. The summed E-state index contributed by atoms with van der Waals surface area (Å²) in [4.78, 5) is 27.1. The highest BCUT2D eigenvalue weighted by Crippen LogP contribution is 2.35. The van der Waals surface area contributed by atoms with Crippen molar-refractivity contribution in [3.05, 3.63) is 28.8 Å². The van der Waals surface area contributed by atoms with Crippen molar-refractivity contribution in [2.75, 3.05) is 19.8 Å². The second kappa shape index (κ2) is 8.09. The van der Waals surface area contributed by atoms with Gasteiger partial charge in [0.2, 0.25) is 0 Å². The number of carbonyl (C=O) groups excluding carboxylic acids is 2. The third kappa shape index (κ3) is 4.08. The number of esters is 1. The number of benzene rings is 1. The topological polar surface area (TPSA) is 55.8 Å². The van der Waals surface area contributed by atoms with Crippen LogP contribution in [0.5, 0.6) is 5.75 Å². The zero-order valence-corrected chi connectivity index (χ0v) is 16.2. The molecule has 0 radical (unpaired) electrons. The Balaban J connectivity index is 1.32. The van der Waals surface area contributed by atoms with Crippen LogP contribution in [0.4, 0.5) is 0 Å². The van der Waals surface area contributed by atoms with Crippen LogP contribution in [0.2, 0.25) is 5.02 Å². The molecule has 3 atom stereocenters. The highest BCUT2D eigenvalue weighted by atomic mass is 35.5. The van der Waals surface area contributed by atoms with Crippen LogP contribution in [0, 0.1) is 11.8 Å². The number of likely N-dealkylation sites (tertiary alicyclic amines) is 1. The largest absolute Gasteiger partial charge is 0.492 e. The first-order valence-electron chi connectivity index (χ1n) is 9.99. The molecule has 4 rings (SSSR count). The highest BCUT2D eigenvalue weighted by Gasteiger charge is 2.36. The standard InChI is InChI=1S/C21H26ClNO4/c22-17-7-8-19-15(11-17)10-16(12-26-19)21(25)27-13-20(24)23-9-3-5-14-4-1-2-6-18(14)23/h7-8,11,14,16,18H,1-6,9-10,12-13H2/t14-,16-,18+/m1/s1. The van der Waals surface area contributed by atoms with Gasteiger partial charge in [0, 0.05) is 17.6 Å². The van der Waals surface area contributed by atoms with Crippen LogP contribution >= 0.6 is 11.6 Å². The second-order valence-corrected chi connectivity index (χ2v) is 8.35. The maximum absolute atomic E-state index is 12.7. The average molecular weight is 392 g/mol. The zero-order chi connectivity index (χ0) is 18.8. The Morgan fingerprint density at radius 1 is 1.19 bits per heavy atom. The molecule has 1 saturated heterocycles. The van der Waals surface area contributed by atoms with Gasteiger partial charge in [-0.25, -0.2) is 0 Å². The lowest BCUT2D eigenvalue weighted by Gasteiger charge is -2.44. The number of carbonyl (C=O) groups is 2. The predicted molar refractivity (Wildman–Crippen MR) is 102 cm³/mol. The number of hydrogen-bond donors (Lipinski definition) is 0. The van der Waals surface area contributed by atoms with Gasteiger partial charge >= 0.3 is 5.97 Å². The van der Waals surface area contributed by atoms with Crippen molar-refractivity contribution >= 4 is 23.5 Å². The van der Waals surface area contributed by atoms with Gasteiger partial charge in [-0.3, -0.25) is 9.59 Å². The van der Waals surface area contributed by atoms with Crippen molar-refractivity contribution in [1.82, 2.24) is 4.90 Å². The Hall–Kier alpha value is -1.75. The summed E-state index contributed by atoms with van der Waals surface area (Å²) in [5.41, 5.74) is 0.906. The van der Waals surface area contributed by atoms with Crippen molar-refractivity contribution in [1.29, 1.82) is 0 Å². The van der Waals surface area contributed by atoms with Gasteiger partial charge in [0.1, 0.15) is 12.4 Å². The number of piperidine rings is 1. The third-order valence-corrected chi connectivity index (χ3v) is 6.40. The SMILES string of the molecule is O=C(OCC(=O)N1CCC[C@H]2CCCC[C@@H]21)[C@H]1COc2ccc(Cl)cc2C1. The lowest BCUT2D eigenvalue weighted by molar-refractivity contribution is -0.158. The van der Waals surface area contributed by atoms with E-state index in [1.807, 2.05) is 17.0 Å². The predicted octanol–water partition coefficient (Wildman–Crippen LogP) is 3.62. The smallest absolute Gasteiger partial charge is 0.313 e. The molecular formula is C21H26ClNO4. The summed E-state index contributed by atoms with van der Waals surface area (Å²) >= 11 is 6.03. The molecule has 3 aliphatic rings. The summed E-state index contributed by atoms with van der Waals surface area (Å²) in [6.45, 7) is 0.896. The molecule has 6 heteroatoms. The molecule has 2 aliphatic heterocycles. The number of hydrogen-bond acceptors (Lipinski definition) is 4. The molecular weight excluding hydrogens is 366 g/mol. The fraction of sp³-hybridized carbons (Fsp3) is 0.619. The lowest BCUT2D eigenvalue weighted by Crippen LogP contribution is -2.51. The molecule has 1 aromatic rings. The molecule has 1 aliphatic carbocycles. The van der Waals surface area contributed by atoms with Gasteiger partial charge < -0.3 is 14.4 Å². The molecule has 1 saturated carbocycles. The summed E-state index contributed by atoms with van der Waals surface area (Å²) in [7, 11) is 0. The van der Waals surface area contributed by atoms with Crippen LogP contribution in [0.3, 0.4) is 0 Å². The molecule has 1 aromatic carbocycles. The van der Waals surface area contributed by atoms with E-state index in [2.05, 4.69) is 0 Å². The summed E-state index contributed by atoms with van der Waals surface area (Å²) in [5.74, 6) is 0.565. The minimum Gasteiger partial charge on any atom is -0.492 e. The number of amides is 1. The van der Waals surface area contributed by atoms with Crippen LogP contribution in [0.15, 0.2) is 18.2 Å². The van der Waals surface area contributed by atoms with Crippen molar-refractivity contribution in [2.24, 2.45) is 11.8 Å². The summed E-state index contributed by atoms with van der Waals surface area (Å²) in [6, 6.07) is 5.75. The monoisotopic (exact) mass is 391 g/mol. The molecule has 5 nitrogen and oxygen atoms in total. The van der Waals surface area contributed by atoms with Gasteiger partial charge in [-0.1, -0.05) is 24.4 Å². The van der Waals surface area contributed by atoms with Gasteiger partial charge in [-0.15, -0.1) is 0 Å². The molecule has 0 unspecified atom stereocenters. The number of fused-ring (bicyclic) bond motifs is 2. The third-order valence-electron chi connectivity index (χ3n) is 6.16. The average Bonchev–Trinajstić information content (AvgIpc) is 2.70. The van der Waals surface area contributed by atoms with E-state index in [1.165, 1.54) is 25.7 Å². The van der Waals surface area contributed by atoms with E-state index in [0.29, 0.717) is 23.4 Å². The van der Waals surface area contributed by atoms with Gasteiger partial charge in [0.05, 0.1) is 5.92 Å². The Morgan fingerprint density at radius 2 is 2.00 bits per heavy atom. The van der Waals surface area contributed by atoms with Crippen molar-refractivity contribution in [3.63, 3.8) is 0 Å². The van der Waals surface area contributed by atoms with E-state index in [4.69, 9.17) is 21.1 Å². The summed E-state index contributed by atoms with van der Waals surface area (Å²) < 4.78 is 11.0. The lowest BCUT2D eigenvalue weighted by atomic mass is 9.78. The molecule has 0 aromatic heterocycles. The Kier molecular flexibility index (Phi) is 5.58. The van der Waals surface area contributed by atoms with Crippen molar-refractivity contribution in [3.8, 4) is 5.75 Å². The van der Waals surface area contributed by atoms with E-state index >= 15 is 0 Å². The maximum atomic E-state index is 12.7. The molecule has 0 spiro atoms. The van der Waals surface area contributed by atoms with E-state index in [1.54, 1.807) is 6.07 Å². The van der Waals surface area contributed by atoms with Gasteiger partial charge in [0.25, 0.3) is 5.91 Å². The second-order valence-electron chi connectivity index (χ2n) is 7.91. The Labute approximate surface area is 165 Å². The van der Waals surface area contributed by atoms with Crippen molar-refractivity contribution < 1.29 is 19.1 Å². The van der Waals surface area contributed by atoms with Crippen LogP contribution in [0.1, 0.15) is 44.1 Å². The molecule has 27 heavy (non-hydrogen) atoms. The van der Waals surface area contributed by atoms with E-state index in [-0.39, 0.29) is 25.1 Å². The highest BCUT2D eigenvalue weighted by molar-refractivity contribution is 6.30. The van der Waals surface area contributed by atoms with Crippen molar-refractivity contribution in [2.45, 2.75) is 51.0 Å². The van der Waals surface area contributed by atoms with Crippen LogP contribution in [0.25, 0.3) is 0 Å². The van der Waals surface area contributed by atoms with E-state index in [0.717, 1.165) is 30.7 Å². The first-order chi connectivity index (χ1) is 13.1. The molecule has 0 N–H and O–H groups in total. The number of nitrogens with zero attached hydrogens (tertiary/aromatic N) is 1. The Bertz CT molecular complexity index is 720. The maximum Gasteiger partial charge on any atom is 0.313 e. The number of halogens is 1. The van der Waals surface area contributed by atoms with Crippen LogP contribution in [-0.4, -0.2) is 42.6 Å². The minimum atomic E-state index is -0.396. The fourth-order valence-corrected chi connectivity index (χ4v) is 4.98. The summed E-state index contributed by atoms with van der Waals surface area (Å²) in [6.07, 6.45) is 7.55. The number of rotatable bonds is 3. The first kappa shape index (κ1) is 18.6. The molecule has 146 valence electrons. The van der Waals surface area contributed by atoms with Gasteiger partial charge in [-0.05, 0) is 61.8 Å². The van der Waals surface area contributed by atoms with Gasteiger partial charge in [-0.2, -0.15) is 0 Å². The Morgan fingerprint density at radius 3 is 2.89 bits per heavy atom. The van der Waals surface area contributed by atoms with E-state index < -0.39 is 5.92 Å². The molecule has 0 bridgehead atoms. The number of ether oxygens (including phenoxy) is 2. The molecule has 2 fully saturated rings. The summed E-state index contributed by atoms with van der Waals surface area (Å²) in [5, 5.41) is 0.619. The van der Waals surface area contributed by atoms with Gasteiger partial charge in [0.15, 0.2) is 6.61 Å². The normalized spacial score (nSPS) is 27.1. The zero-order valence-electron chi connectivity index (χ0n) is 15.5. The minimum absolute atomic E-state index is 0.0554. The quantitative estimate of drug-likeness (QED) is 0.738. The van der Waals surface area contributed by atoms with E-state index in [9.17, 15) is 9.59 Å². The van der Waals surface area contributed by atoms with Crippen LogP contribution < -0.4 is 4.74 Å². The van der Waals surface area contributed by atoms with Crippen LogP contribution in [-0.2, 0) is 20.7 Å². The fourth-order valence-electron chi connectivity index (χ4n) is 4.78.